The first-order valence-corrected chi connectivity index (χ1v) is 19.0. The summed E-state index contributed by atoms with van der Waals surface area (Å²) >= 11 is -1.60. The first-order valence-electron chi connectivity index (χ1n) is 11.8. The summed E-state index contributed by atoms with van der Waals surface area (Å²) in [6.07, 6.45) is 2.24. The van der Waals surface area contributed by atoms with Gasteiger partial charge in [0, 0.05) is 0 Å². The first-order chi connectivity index (χ1) is 16.7. The van der Waals surface area contributed by atoms with E-state index in [0.29, 0.717) is 0 Å². The Morgan fingerprint density at radius 1 is 0.529 bits per heavy atom. The Bertz CT molecular complexity index is 1200. The first kappa shape index (κ1) is 24.8. The average molecular weight is 500 g/mol. The molecule has 0 saturated carbocycles. The Morgan fingerprint density at radius 3 is 1.32 bits per heavy atom. The Hall–Kier alpha value is -2.27. The van der Waals surface area contributed by atoms with E-state index in [1.165, 1.54) is 33.4 Å². The van der Waals surface area contributed by atoms with E-state index in [-0.39, 0.29) is 0 Å². The van der Waals surface area contributed by atoms with Crippen LogP contribution in [0.2, 0.25) is 13.1 Å². The molecule has 0 radical (unpaired) electrons. The SMILES string of the molecule is C[O-].C[O-].C[SiH](C)[Ti+2]([c]1cccc2c1Cc1ccccc1-2)[c]1cccc2c1Cc1ccccc1-2. The van der Waals surface area contributed by atoms with Crippen molar-refractivity contribution < 1.29 is 27.3 Å². The van der Waals surface area contributed by atoms with Crippen molar-refractivity contribution in [3.63, 3.8) is 0 Å². The molecule has 171 valence electrons. The molecule has 4 heteroatoms. The summed E-state index contributed by atoms with van der Waals surface area (Å²) in [4.78, 5) is 0. The second-order valence-electron chi connectivity index (χ2n) is 8.90. The molecule has 0 unspecified atom stereocenters. The van der Waals surface area contributed by atoms with Crippen molar-refractivity contribution in [3.05, 3.63) is 107 Å². The molecule has 0 heterocycles. The van der Waals surface area contributed by atoms with Gasteiger partial charge in [-0.3, -0.25) is 0 Å². The van der Waals surface area contributed by atoms with Gasteiger partial charge in [-0.2, -0.15) is 14.2 Å². The maximum atomic E-state index is 8.25. The summed E-state index contributed by atoms with van der Waals surface area (Å²) in [6.45, 7) is 4.35. The second kappa shape index (κ2) is 11.0. The van der Waals surface area contributed by atoms with Crippen LogP contribution in [0.4, 0.5) is 0 Å². The fourth-order valence-corrected chi connectivity index (χ4v) is 17.9. The monoisotopic (exact) mass is 499 g/mol. The third-order valence-electron chi connectivity index (χ3n) is 6.86. The molecule has 4 aromatic rings. The molecule has 0 spiro atoms. The molecule has 2 aliphatic carbocycles. The van der Waals surface area contributed by atoms with E-state index in [0.717, 1.165) is 27.1 Å². The Kier molecular flexibility index (Phi) is 8.03. The van der Waals surface area contributed by atoms with E-state index < -0.39 is 23.8 Å². The zero-order valence-corrected chi connectivity index (χ0v) is 23.1. The summed E-state index contributed by atoms with van der Waals surface area (Å²) in [6, 6.07) is 32.4. The molecular formula is C30H31O2SiTi. The number of fused-ring (bicyclic) bond motifs is 6. The molecule has 0 atom stereocenters. The molecule has 0 saturated heterocycles. The molecule has 0 aromatic heterocycles. The fraction of sp³-hybridized carbons (Fsp3) is 0.200. The summed E-state index contributed by atoms with van der Waals surface area (Å²) in [5.74, 6) is 0. The van der Waals surface area contributed by atoms with Crippen molar-refractivity contribution in [1.82, 2.24) is 0 Å². The predicted octanol–water partition coefficient (Wildman–Crippen LogP) is 3.33. The molecule has 0 aliphatic heterocycles. The molecule has 6 rings (SSSR count). The van der Waals surface area contributed by atoms with Gasteiger partial charge in [0.25, 0.3) is 0 Å². The third kappa shape index (κ3) is 4.28. The van der Waals surface area contributed by atoms with E-state index in [4.69, 9.17) is 10.2 Å². The van der Waals surface area contributed by atoms with Gasteiger partial charge in [0.15, 0.2) is 0 Å². The van der Waals surface area contributed by atoms with Crippen LogP contribution >= 0.6 is 0 Å². The van der Waals surface area contributed by atoms with Crippen LogP contribution in [-0.4, -0.2) is 20.9 Å². The molecule has 4 aromatic carbocycles. The van der Waals surface area contributed by atoms with E-state index >= 15 is 0 Å². The second-order valence-corrected chi connectivity index (χ2v) is 22.0. The standard InChI is InChI=1S/2C13H9.C2H7Si.2CH3O.Ti/c2*1-3-7-12-10(5-1)9-11-6-2-4-8-13(11)12;1-3-2;2*1-2;/h2*1-5,7-8H,9H2;3H,1-2H3;2*1H3;/q;;;2*-1;+2. The summed E-state index contributed by atoms with van der Waals surface area (Å²) < 4.78 is 3.49. The third-order valence-corrected chi connectivity index (χ3v) is 19.3. The van der Waals surface area contributed by atoms with Crippen LogP contribution in [-0.2, 0) is 30.0 Å². The molecule has 0 N–H and O–H groups in total. The van der Waals surface area contributed by atoms with Gasteiger partial charge in [-0.05, 0) is 0 Å². The normalized spacial score (nSPS) is 11.9. The van der Waals surface area contributed by atoms with E-state index in [2.05, 4.69) is 98.0 Å². The Labute approximate surface area is 210 Å². The van der Waals surface area contributed by atoms with Crippen LogP contribution in [0.25, 0.3) is 22.3 Å². The average Bonchev–Trinajstić information content (AvgIpc) is 3.46. The van der Waals surface area contributed by atoms with E-state index in [1.54, 1.807) is 18.9 Å². The summed E-state index contributed by atoms with van der Waals surface area (Å²) in [5.41, 5.74) is 12.2. The fourth-order valence-electron chi connectivity index (χ4n) is 5.59. The molecule has 0 bridgehead atoms. The number of benzene rings is 4. The van der Waals surface area contributed by atoms with Crippen LogP contribution in [0, 0.1) is 0 Å². The van der Waals surface area contributed by atoms with Gasteiger partial charge in [0.2, 0.25) is 0 Å². The van der Waals surface area contributed by atoms with Crippen molar-refractivity contribution in [3.8, 4) is 22.3 Å². The van der Waals surface area contributed by atoms with Gasteiger partial charge in [-0.15, -0.1) is 0 Å². The van der Waals surface area contributed by atoms with Crippen molar-refractivity contribution in [2.24, 2.45) is 0 Å². The van der Waals surface area contributed by atoms with Gasteiger partial charge in [0.05, 0.1) is 0 Å². The quantitative estimate of drug-likeness (QED) is 0.351. The molecule has 2 nitrogen and oxygen atoms in total. The topological polar surface area (TPSA) is 46.1 Å². The predicted molar refractivity (Wildman–Crippen MR) is 139 cm³/mol. The van der Waals surface area contributed by atoms with Crippen molar-refractivity contribution in [1.29, 1.82) is 0 Å². The van der Waals surface area contributed by atoms with Crippen molar-refractivity contribution in [2.75, 3.05) is 14.2 Å². The van der Waals surface area contributed by atoms with Crippen molar-refractivity contribution >= 4 is 14.4 Å². The summed E-state index contributed by atoms with van der Waals surface area (Å²) in [7, 11) is 1.50. The maximum absolute atomic E-state index is 8.25. The molecule has 0 fully saturated rings. The van der Waals surface area contributed by atoms with Gasteiger partial charge in [-0.25, -0.2) is 0 Å². The van der Waals surface area contributed by atoms with Crippen LogP contribution in [0.1, 0.15) is 22.3 Å². The van der Waals surface area contributed by atoms with E-state index in [1.807, 2.05) is 0 Å². The minimum absolute atomic E-state index is 0.750. The molecule has 2 aliphatic rings. The minimum atomic E-state index is -1.60. The number of hydrogen-bond donors (Lipinski definition) is 0. The van der Waals surface area contributed by atoms with Crippen LogP contribution in [0.3, 0.4) is 0 Å². The molecule has 34 heavy (non-hydrogen) atoms. The van der Waals surface area contributed by atoms with Crippen molar-refractivity contribution in [2.45, 2.75) is 25.9 Å². The van der Waals surface area contributed by atoms with Gasteiger partial charge >= 0.3 is 187 Å². The van der Waals surface area contributed by atoms with Gasteiger partial charge in [-0.1, -0.05) is 0 Å². The van der Waals surface area contributed by atoms with Crippen LogP contribution < -0.4 is 17.9 Å². The van der Waals surface area contributed by atoms with E-state index in [9.17, 15) is 0 Å². The molecule has 0 amide bonds. The Balaban J connectivity index is 0.000000652. The van der Waals surface area contributed by atoms with Gasteiger partial charge < -0.3 is 10.2 Å². The zero-order chi connectivity index (χ0) is 24.2. The summed E-state index contributed by atoms with van der Waals surface area (Å²) in [5, 5.41) is 16.5. The number of rotatable bonds is 3. The van der Waals surface area contributed by atoms with Crippen LogP contribution in [0.5, 0.6) is 0 Å². The number of hydrogen-bond acceptors (Lipinski definition) is 2. The van der Waals surface area contributed by atoms with Crippen LogP contribution in [0.15, 0.2) is 84.9 Å². The molecular weight excluding hydrogens is 468 g/mol. The zero-order valence-electron chi connectivity index (χ0n) is 20.4. The van der Waals surface area contributed by atoms with Gasteiger partial charge in [0.1, 0.15) is 0 Å². The Morgan fingerprint density at radius 2 is 0.912 bits per heavy atom.